The van der Waals surface area contributed by atoms with Gasteiger partial charge >= 0.3 is 0 Å². The first-order valence-electron chi connectivity index (χ1n) is 9.26. The molecule has 0 bridgehead atoms. The standard InChI is InChI=1S/C20H33NO/c1-2-3-4-5-6-7-8-18-9-11-19(12-10-18)13-15-21-16-14-20(22)17-21/h9-12,20,22H,2-8,13-17H2,1H3/t20-/m1/s1. The lowest BCUT2D eigenvalue weighted by Crippen LogP contribution is -2.24. The minimum atomic E-state index is -0.0975. The van der Waals surface area contributed by atoms with Crippen LogP contribution in [0.25, 0.3) is 0 Å². The summed E-state index contributed by atoms with van der Waals surface area (Å²) in [7, 11) is 0. The van der Waals surface area contributed by atoms with E-state index < -0.39 is 0 Å². The van der Waals surface area contributed by atoms with Crippen LogP contribution in [0.5, 0.6) is 0 Å². The Morgan fingerprint density at radius 3 is 2.23 bits per heavy atom. The molecule has 0 unspecified atom stereocenters. The number of nitrogens with zero attached hydrogens (tertiary/aromatic N) is 1. The number of benzene rings is 1. The van der Waals surface area contributed by atoms with Gasteiger partial charge in [-0.3, -0.25) is 0 Å². The molecule has 0 aromatic heterocycles. The molecule has 1 aliphatic heterocycles. The molecule has 1 heterocycles. The minimum absolute atomic E-state index is 0.0975. The fourth-order valence-corrected chi connectivity index (χ4v) is 3.28. The summed E-state index contributed by atoms with van der Waals surface area (Å²) in [5.41, 5.74) is 2.91. The van der Waals surface area contributed by atoms with Gasteiger partial charge in [-0.15, -0.1) is 0 Å². The van der Waals surface area contributed by atoms with Crippen LogP contribution >= 0.6 is 0 Å². The van der Waals surface area contributed by atoms with Crippen LogP contribution in [0, 0.1) is 0 Å². The summed E-state index contributed by atoms with van der Waals surface area (Å²) in [6.45, 7) is 5.26. The number of β-amino-alcohol motifs (C(OH)–C–C–N with tert-alkyl or cyclic N) is 1. The first kappa shape index (κ1) is 17.5. The molecule has 0 spiro atoms. The van der Waals surface area contributed by atoms with E-state index >= 15 is 0 Å². The van der Waals surface area contributed by atoms with Gasteiger partial charge in [-0.05, 0) is 36.8 Å². The molecule has 0 radical (unpaired) electrons. The van der Waals surface area contributed by atoms with Gasteiger partial charge in [0.2, 0.25) is 0 Å². The number of aryl methyl sites for hydroxylation is 1. The molecule has 1 saturated heterocycles. The number of hydrogen-bond donors (Lipinski definition) is 1. The van der Waals surface area contributed by atoms with Gasteiger partial charge in [0.1, 0.15) is 0 Å². The van der Waals surface area contributed by atoms with Crippen molar-refractivity contribution in [2.24, 2.45) is 0 Å². The van der Waals surface area contributed by atoms with E-state index in [1.165, 1.54) is 56.1 Å². The van der Waals surface area contributed by atoms with Crippen LogP contribution in [0.2, 0.25) is 0 Å². The van der Waals surface area contributed by atoms with Gasteiger partial charge in [-0.1, -0.05) is 63.3 Å². The van der Waals surface area contributed by atoms with Gasteiger partial charge in [0.15, 0.2) is 0 Å². The number of aliphatic hydroxyl groups is 1. The van der Waals surface area contributed by atoms with Crippen molar-refractivity contribution < 1.29 is 5.11 Å². The van der Waals surface area contributed by atoms with Gasteiger partial charge in [0.25, 0.3) is 0 Å². The van der Waals surface area contributed by atoms with Gasteiger partial charge in [-0.25, -0.2) is 0 Å². The van der Waals surface area contributed by atoms with E-state index in [-0.39, 0.29) is 6.10 Å². The molecule has 2 heteroatoms. The van der Waals surface area contributed by atoms with Crippen molar-refractivity contribution in [3.63, 3.8) is 0 Å². The first-order chi connectivity index (χ1) is 10.8. The third-order valence-electron chi connectivity index (χ3n) is 4.81. The summed E-state index contributed by atoms with van der Waals surface area (Å²) >= 11 is 0. The van der Waals surface area contributed by atoms with E-state index in [0.717, 1.165) is 32.5 Å². The van der Waals surface area contributed by atoms with Gasteiger partial charge in [0.05, 0.1) is 6.10 Å². The molecule has 0 saturated carbocycles. The third kappa shape index (κ3) is 6.50. The van der Waals surface area contributed by atoms with Gasteiger partial charge < -0.3 is 10.0 Å². The summed E-state index contributed by atoms with van der Waals surface area (Å²) < 4.78 is 0. The molecule has 1 aromatic carbocycles. The Balaban J connectivity index is 1.60. The highest BCUT2D eigenvalue weighted by Crippen LogP contribution is 2.13. The second kappa shape index (κ2) is 10.0. The van der Waals surface area contributed by atoms with Crippen LogP contribution < -0.4 is 0 Å². The normalized spacial score (nSPS) is 18.9. The Hall–Kier alpha value is -0.860. The Morgan fingerprint density at radius 1 is 0.955 bits per heavy atom. The van der Waals surface area contributed by atoms with E-state index in [4.69, 9.17) is 0 Å². The highest BCUT2D eigenvalue weighted by atomic mass is 16.3. The second-order valence-electron chi connectivity index (χ2n) is 6.83. The fourth-order valence-electron chi connectivity index (χ4n) is 3.28. The lowest BCUT2D eigenvalue weighted by Gasteiger charge is -2.14. The van der Waals surface area contributed by atoms with Crippen molar-refractivity contribution in [3.8, 4) is 0 Å². The van der Waals surface area contributed by atoms with Crippen LogP contribution in [0.15, 0.2) is 24.3 Å². The summed E-state index contributed by atoms with van der Waals surface area (Å²) in [5.74, 6) is 0. The zero-order valence-electron chi connectivity index (χ0n) is 14.3. The van der Waals surface area contributed by atoms with Crippen LogP contribution in [0.3, 0.4) is 0 Å². The maximum atomic E-state index is 9.54. The van der Waals surface area contributed by atoms with E-state index in [1.54, 1.807) is 0 Å². The molecular formula is C20H33NO. The predicted octanol–water partition coefficient (Wildman–Crippen LogP) is 4.20. The lowest BCUT2D eigenvalue weighted by atomic mass is 10.0. The Morgan fingerprint density at radius 2 is 1.59 bits per heavy atom. The molecule has 0 aliphatic carbocycles. The number of hydrogen-bond acceptors (Lipinski definition) is 2. The van der Waals surface area contributed by atoms with Crippen molar-refractivity contribution in [2.75, 3.05) is 19.6 Å². The number of aliphatic hydroxyl groups excluding tert-OH is 1. The molecular weight excluding hydrogens is 270 g/mol. The molecule has 1 atom stereocenters. The van der Waals surface area contributed by atoms with Crippen molar-refractivity contribution in [1.82, 2.24) is 4.90 Å². The number of rotatable bonds is 10. The zero-order valence-corrected chi connectivity index (χ0v) is 14.3. The van der Waals surface area contributed by atoms with Crippen LogP contribution in [-0.4, -0.2) is 35.7 Å². The maximum Gasteiger partial charge on any atom is 0.0679 e. The fraction of sp³-hybridized carbons (Fsp3) is 0.700. The highest BCUT2D eigenvalue weighted by Gasteiger charge is 2.19. The summed E-state index contributed by atoms with van der Waals surface area (Å²) in [5, 5.41) is 9.54. The van der Waals surface area contributed by atoms with Gasteiger partial charge in [0, 0.05) is 19.6 Å². The quantitative estimate of drug-likeness (QED) is 0.655. The smallest absolute Gasteiger partial charge is 0.0679 e. The Kier molecular flexibility index (Phi) is 7.96. The summed E-state index contributed by atoms with van der Waals surface area (Å²) in [6.07, 6.45) is 11.4. The molecule has 22 heavy (non-hydrogen) atoms. The lowest BCUT2D eigenvalue weighted by molar-refractivity contribution is 0.177. The highest BCUT2D eigenvalue weighted by molar-refractivity contribution is 5.22. The zero-order chi connectivity index (χ0) is 15.6. The summed E-state index contributed by atoms with van der Waals surface area (Å²) in [4.78, 5) is 2.37. The van der Waals surface area contributed by atoms with Crippen molar-refractivity contribution in [3.05, 3.63) is 35.4 Å². The Labute approximate surface area is 136 Å². The average molecular weight is 303 g/mol. The van der Waals surface area contributed by atoms with E-state index in [0.29, 0.717) is 0 Å². The molecule has 1 fully saturated rings. The molecule has 1 aliphatic rings. The number of likely N-dealkylation sites (tertiary alicyclic amines) is 1. The summed E-state index contributed by atoms with van der Waals surface area (Å²) in [6, 6.07) is 9.19. The average Bonchev–Trinajstić information content (AvgIpc) is 2.95. The van der Waals surface area contributed by atoms with E-state index in [2.05, 4.69) is 36.1 Å². The van der Waals surface area contributed by atoms with E-state index in [9.17, 15) is 5.11 Å². The number of unbranched alkanes of at least 4 members (excludes halogenated alkanes) is 5. The Bertz CT molecular complexity index is 401. The maximum absolute atomic E-state index is 9.54. The van der Waals surface area contributed by atoms with Crippen molar-refractivity contribution >= 4 is 0 Å². The van der Waals surface area contributed by atoms with E-state index in [1.807, 2.05) is 0 Å². The van der Waals surface area contributed by atoms with Crippen LogP contribution in [0.1, 0.15) is 63.0 Å². The monoisotopic (exact) mass is 303 g/mol. The first-order valence-corrected chi connectivity index (χ1v) is 9.26. The molecule has 0 amide bonds. The predicted molar refractivity (Wildman–Crippen MR) is 94.3 cm³/mol. The second-order valence-corrected chi connectivity index (χ2v) is 6.83. The van der Waals surface area contributed by atoms with Crippen LogP contribution in [0.4, 0.5) is 0 Å². The molecule has 1 N–H and O–H groups in total. The molecule has 2 nitrogen and oxygen atoms in total. The SMILES string of the molecule is CCCCCCCCc1ccc(CCN2CC[C@@H](O)C2)cc1. The third-order valence-corrected chi connectivity index (χ3v) is 4.81. The molecule has 2 rings (SSSR count). The molecule has 1 aromatic rings. The van der Waals surface area contributed by atoms with Crippen molar-refractivity contribution in [2.45, 2.75) is 70.8 Å². The van der Waals surface area contributed by atoms with Crippen molar-refractivity contribution in [1.29, 1.82) is 0 Å². The topological polar surface area (TPSA) is 23.5 Å². The van der Waals surface area contributed by atoms with Crippen LogP contribution in [-0.2, 0) is 12.8 Å². The minimum Gasteiger partial charge on any atom is -0.392 e. The largest absolute Gasteiger partial charge is 0.392 e. The molecule has 124 valence electrons. The van der Waals surface area contributed by atoms with Gasteiger partial charge in [-0.2, -0.15) is 0 Å².